The van der Waals surface area contributed by atoms with Crippen LogP contribution < -0.4 is 4.74 Å². The Morgan fingerprint density at radius 3 is 2.56 bits per heavy atom. The van der Waals surface area contributed by atoms with E-state index in [-0.39, 0.29) is 6.10 Å². The summed E-state index contributed by atoms with van der Waals surface area (Å²) in [6, 6.07) is 19.2. The van der Waals surface area contributed by atoms with Crippen LogP contribution in [0.1, 0.15) is 31.9 Å². The summed E-state index contributed by atoms with van der Waals surface area (Å²) in [4.78, 5) is 2.54. The molecular weight excluding hydrogens is 334 g/mol. The SMILES string of the molecule is CCOc1ccccc1CC(C(C)C)C1CN(Cc2ccccc2)CCO1. The summed E-state index contributed by atoms with van der Waals surface area (Å²) in [5.41, 5.74) is 2.67. The Balaban J connectivity index is 1.69. The van der Waals surface area contributed by atoms with E-state index in [1.54, 1.807) is 0 Å². The van der Waals surface area contributed by atoms with E-state index in [9.17, 15) is 0 Å². The first-order chi connectivity index (χ1) is 13.2. The monoisotopic (exact) mass is 367 g/mol. The number of hydrogen-bond donors (Lipinski definition) is 0. The highest BCUT2D eigenvalue weighted by Crippen LogP contribution is 2.30. The summed E-state index contributed by atoms with van der Waals surface area (Å²) in [5, 5.41) is 0. The highest BCUT2D eigenvalue weighted by Gasteiger charge is 2.31. The lowest BCUT2D eigenvalue weighted by Crippen LogP contribution is -2.47. The molecule has 2 aromatic rings. The Morgan fingerprint density at radius 2 is 1.81 bits per heavy atom. The lowest BCUT2D eigenvalue weighted by atomic mass is 9.83. The van der Waals surface area contributed by atoms with Crippen molar-refractivity contribution < 1.29 is 9.47 Å². The van der Waals surface area contributed by atoms with Gasteiger partial charge in [0.1, 0.15) is 5.75 Å². The zero-order valence-corrected chi connectivity index (χ0v) is 16.9. The molecule has 0 bridgehead atoms. The van der Waals surface area contributed by atoms with Gasteiger partial charge >= 0.3 is 0 Å². The molecular formula is C24H33NO2. The molecule has 2 atom stereocenters. The van der Waals surface area contributed by atoms with E-state index in [1.165, 1.54) is 11.1 Å². The molecule has 2 unspecified atom stereocenters. The van der Waals surface area contributed by atoms with Crippen molar-refractivity contribution in [2.75, 3.05) is 26.3 Å². The third kappa shape index (κ3) is 5.57. The van der Waals surface area contributed by atoms with Gasteiger partial charge in [-0.3, -0.25) is 4.90 Å². The van der Waals surface area contributed by atoms with Crippen LogP contribution in [0.4, 0.5) is 0 Å². The third-order valence-corrected chi connectivity index (χ3v) is 5.49. The van der Waals surface area contributed by atoms with E-state index < -0.39 is 0 Å². The number of ether oxygens (including phenoxy) is 2. The van der Waals surface area contributed by atoms with Crippen molar-refractivity contribution in [1.82, 2.24) is 4.90 Å². The van der Waals surface area contributed by atoms with Gasteiger partial charge in [-0.25, -0.2) is 0 Å². The topological polar surface area (TPSA) is 21.7 Å². The Bertz CT molecular complexity index is 686. The number of para-hydroxylation sites is 1. The van der Waals surface area contributed by atoms with Gasteiger partial charge in [-0.2, -0.15) is 0 Å². The van der Waals surface area contributed by atoms with Crippen LogP contribution in [0.15, 0.2) is 54.6 Å². The molecule has 3 heteroatoms. The standard InChI is InChI=1S/C24H33NO2/c1-4-26-23-13-9-8-12-21(23)16-22(19(2)3)24-18-25(14-15-27-24)17-20-10-6-5-7-11-20/h5-13,19,22,24H,4,14-18H2,1-3H3. The van der Waals surface area contributed by atoms with Crippen molar-refractivity contribution in [3.63, 3.8) is 0 Å². The van der Waals surface area contributed by atoms with Gasteiger partial charge in [0.05, 0.1) is 19.3 Å². The van der Waals surface area contributed by atoms with Gasteiger partial charge in [-0.05, 0) is 42.4 Å². The highest BCUT2D eigenvalue weighted by atomic mass is 16.5. The van der Waals surface area contributed by atoms with Gasteiger partial charge in [0.2, 0.25) is 0 Å². The maximum Gasteiger partial charge on any atom is 0.122 e. The maximum absolute atomic E-state index is 6.26. The van der Waals surface area contributed by atoms with Gasteiger partial charge in [0.15, 0.2) is 0 Å². The summed E-state index contributed by atoms with van der Waals surface area (Å²) >= 11 is 0. The van der Waals surface area contributed by atoms with Crippen LogP contribution >= 0.6 is 0 Å². The molecule has 3 nitrogen and oxygen atoms in total. The zero-order valence-electron chi connectivity index (χ0n) is 16.9. The Morgan fingerprint density at radius 1 is 1.07 bits per heavy atom. The molecule has 3 rings (SSSR count). The average molecular weight is 368 g/mol. The molecule has 0 saturated carbocycles. The molecule has 0 aromatic heterocycles. The number of rotatable bonds is 8. The fourth-order valence-corrected chi connectivity index (χ4v) is 4.00. The molecule has 1 fully saturated rings. The molecule has 27 heavy (non-hydrogen) atoms. The molecule has 0 spiro atoms. The highest BCUT2D eigenvalue weighted by molar-refractivity contribution is 5.33. The molecule has 1 aliphatic rings. The molecule has 1 heterocycles. The normalized spacial score (nSPS) is 19.2. The first-order valence-corrected chi connectivity index (χ1v) is 10.3. The number of hydrogen-bond acceptors (Lipinski definition) is 3. The van der Waals surface area contributed by atoms with Gasteiger partial charge < -0.3 is 9.47 Å². The first kappa shape index (κ1) is 19.9. The molecule has 1 aliphatic heterocycles. The molecule has 0 amide bonds. The predicted molar refractivity (Wildman–Crippen MR) is 111 cm³/mol. The van der Waals surface area contributed by atoms with Crippen LogP contribution in [0.5, 0.6) is 5.75 Å². The van der Waals surface area contributed by atoms with Gasteiger partial charge in [0.25, 0.3) is 0 Å². The number of nitrogens with zero attached hydrogens (tertiary/aromatic N) is 1. The lowest BCUT2D eigenvalue weighted by Gasteiger charge is -2.39. The third-order valence-electron chi connectivity index (χ3n) is 5.49. The van der Waals surface area contributed by atoms with E-state index in [0.29, 0.717) is 18.4 Å². The minimum atomic E-state index is 0.261. The average Bonchev–Trinajstić information content (AvgIpc) is 2.68. The Kier molecular flexibility index (Phi) is 7.31. The van der Waals surface area contributed by atoms with E-state index in [4.69, 9.17) is 9.47 Å². The van der Waals surface area contributed by atoms with Crippen molar-refractivity contribution in [3.05, 3.63) is 65.7 Å². The molecule has 146 valence electrons. The van der Waals surface area contributed by atoms with E-state index >= 15 is 0 Å². The van der Waals surface area contributed by atoms with Crippen molar-refractivity contribution in [2.24, 2.45) is 11.8 Å². The van der Waals surface area contributed by atoms with E-state index in [1.807, 2.05) is 6.92 Å². The van der Waals surface area contributed by atoms with Crippen LogP contribution in [-0.4, -0.2) is 37.3 Å². The lowest BCUT2D eigenvalue weighted by molar-refractivity contribution is -0.0695. The van der Waals surface area contributed by atoms with Crippen molar-refractivity contribution in [2.45, 2.75) is 39.8 Å². The summed E-state index contributed by atoms with van der Waals surface area (Å²) in [6.45, 7) is 11.2. The fourth-order valence-electron chi connectivity index (χ4n) is 4.00. The van der Waals surface area contributed by atoms with Gasteiger partial charge in [-0.15, -0.1) is 0 Å². The zero-order chi connectivity index (χ0) is 19.1. The van der Waals surface area contributed by atoms with E-state index in [0.717, 1.165) is 38.4 Å². The van der Waals surface area contributed by atoms with Gasteiger partial charge in [-0.1, -0.05) is 62.4 Å². The van der Waals surface area contributed by atoms with Crippen molar-refractivity contribution >= 4 is 0 Å². The predicted octanol–water partition coefficient (Wildman–Crippen LogP) is 4.80. The fraction of sp³-hybridized carbons (Fsp3) is 0.500. The van der Waals surface area contributed by atoms with Crippen molar-refractivity contribution in [3.8, 4) is 5.75 Å². The molecule has 2 aromatic carbocycles. The first-order valence-electron chi connectivity index (χ1n) is 10.3. The van der Waals surface area contributed by atoms with Crippen LogP contribution in [0.25, 0.3) is 0 Å². The number of morpholine rings is 1. The molecule has 1 saturated heterocycles. The second kappa shape index (κ2) is 9.91. The van der Waals surface area contributed by atoms with Crippen LogP contribution in [0, 0.1) is 11.8 Å². The van der Waals surface area contributed by atoms with E-state index in [2.05, 4.69) is 73.3 Å². The van der Waals surface area contributed by atoms with Crippen molar-refractivity contribution in [1.29, 1.82) is 0 Å². The smallest absolute Gasteiger partial charge is 0.122 e. The summed E-state index contributed by atoms with van der Waals surface area (Å²) in [7, 11) is 0. The second-order valence-electron chi connectivity index (χ2n) is 7.78. The van der Waals surface area contributed by atoms with Gasteiger partial charge in [0, 0.05) is 19.6 Å². The second-order valence-corrected chi connectivity index (χ2v) is 7.78. The summed E-state index contributed by atoms with van der Waals surface area (Å²) in [5.74, 6) is 2.05. The minimum absolute atomic E-state index is 0.261. The number of benzene rings is 2. The largest absolute Gasteiger partial charge is 0.494 e. The Labute approximate surface area is 164 Å². The summed E-state index contributed by atoms with van der Waals surface area (Å²) < 4.78 is 12.1. The minimum Gasteiger partial charge on any atom is -0.494 e. The Hall–Kier alpha value is -1.84. The maximum atomic E-state index is 6.26. The molecule has 0 N–H and O–H groups in total. The molecule has 0 aliphatic carbocycles. The van der Waals surface area contributed by atoms with Crippen LogP contribution in [0.3, 0.4) is 0 Å². The quantitative estimate of drug-likeness (QED) is 0.669. The summed E-state index contributed by atoms with van der Waals surface area (Å²) in [6.07, 6.45) is 1.26. The molecule has 0 radical (unpaired) electrons. The van der Waals surface area contributed by atoms with Crippen LogP contribution in [0.2, 0.25) is 0 Å². The van der Waals surface area contributed by atoms with Crippen LogP contribution in [-0.2, 0) is 17.7 Å².